The molecule has 2 amide bonds. The standard InChI is InChI=1S/C18H28N6O/c1-5-14-7-9-15(10-8-14)16(23(3)4)11-19-18(25)20-12-17-22-21-13-24(17)6-2/h7-10,13,16H,5-6,11-12H2,1-4H3,(H2,19,20,25). The number of benzene rings is 1. The number of rotatable bonds is 8. The zero-order valence-corrected chi connectivity index (χ0v) is 15.5. The van der Waals surface area contributed by atoms with Crippen LogP contribution in [0.3, 0.4) is 0 Å². The van der Waals surface area contributed by atoms with E-state index in [2.05, 4.69) is 56.9 Å². The molecule has 1 aromatic heterocycles. The van der Waals surface area contributed by atoms with Crippen LogP contribution in [0.15, 0.2) is 30.6 Å². The molecule has 0 saturated heterocycles. The lowest BCUT2D eigenvalue weighted by Gasteiger charge is -2.25. The van der Waals surface area contributed by atoms with Gasteiger partial charge in [0.2, 0.25) is 0 Å². The number of hydrogen-bond acceptors (Lipinski definition) is 4. The summed E-state index contributed by atoms with van der Waals surface area (Å²) in [4.78, 5) is 14.2. The molecule has 1 heterocycles. The molecule has 0 radical (unpaired) electrons. The van der Waals surface area contributed by atoms with Crippen molar-refractivity contribution in [2.24, 2.45) is 0 Å². The quantitative estimate of drug-likeness (QED) is 0.768. The van der Waals surface area contributed by atoms with Crippen LogP contribution in [0.1, 0.15) is 36.8 Å². The van der Waals surface area contributed by atoms with Crippen molar-refractivity contribution in [1.82, 2.24) is 30.3 Å². The van der Waals surface area contributed by atoms with E-state index in [4.69, 9.17) is 0 Å². The van der Waals surface area contributed by atoms with Crippen LogP contribution in [-0.2, 0) is 19.5 Å². The third-order valence-electron chi connectivity index (χ3n) is 4.30. The van der Waals surface area contributed by atoms with Gasteiger partial charge in [-0.1, -0.05) is 31.2 Å². The molecule has 7 nitrogen and oxygen atoms in total. The maximum atomic E-state index is 12.1. The first-order valence-electron chi connectivity index (χ1n) is 8.68. The van der Waals surface area contributed by atoms with Gasteiger partial charge in [0.15, 0.2) is 5.82 Å². The molecule has 0 fully saturated rings. The summed E-state index contributed by atoms with van der Waals surface area (Å²) in [6, 6.07) is 8.46. The zero-order chi connectivity index (χ0) is 18.2. The van der Waals surface area contributed by atoms with E-state index >= 15 is 0 Å². The molecule has 2 N–H and O–H groups in total. The van der Waals surface area contributed by atoms with Gasteiger partial charge in [0, 0.05) is 13.1 Å². The van der Waals surface area contributed by atoms with Gasteiger partial charge in [-0.3, -0.25) is 0 Å². The minimum Gasteiger partial charge on any atom is -0.336 e. The molecule has 0 aliphatic rings. The van der Waals surface area contributed by atoms with Crippen molar-refractivity contribution in [3.8, 4) is 0 Å². The van der Waals surface area contributed by atoms with E-state index in [1.54, 1.807) is 6.33 Å². The molecule has 1 unspecified atom stereocenters. The predicted octanol–water partition coefficient (Wildman–Crippen LogP) is 1.96. The summed E-state index contributed by atoms with van der Waals surface area (Å²) in [5, 5.41) is 13.6. The fourth-order valence-electron chi connectivity index (χ4n) is 2.67. The smallest absolute Gasteiger partial charge is 0.315 e. The van der Waals surface area contributed by atoms with Gasteiger partial charge in [-0.25, -0.2) is 4.79 Å². The fraction of sp³-hybridized carbons (Fsp3) is 0.500. The van der Waals surface area contributed by atoms with Gasteiger partial charge in [-0.2, -0.15) is 0 Å². The first-order chi connectivity index (χ1) is 12.0. The average molecular weight is 344 g/mol. The van der Waals surface area contributed by atoms with Crippen LogP contribution in [0.4, 0.5) is 4.79 Å². The van der Waals surface area contributed by atoms with E-state index in [1.165, 1.54) is 11.1 Å². The van der Waals surface area contributed by atoms with Crippen molar-refractivity contribution in [2.45, 2.75) is 39.4 Å². The fourth-order valence-corrected chi connectivity index (χ4v) is 2.67. The second-order valence-corrected chi connectivity index (χ2v) is 6.17. The highest BCUT2D eigenvalue weighted by atomic mass is 16.2. The molecule has 25 heavy (non-hydrogen) atoms. The Labute approximate surface area is 149 Å². The molecule has 1 atom stereocenters. The summed E-state index contributed by atoms with van der Waals surface area (Å²) in [7, 11) is 4.03. The molecule has 7 heteroatoms. The Morgan fingerprint density at radius 1 is 1.20 bits per heavy atom. The van der Waals surface area contributed by atoms with Crippen molar-refractivity contribution in [1.29, 1.82) is 0 Å². The maximum Gasteiger partial charge on any atom is 0.315 e. The van der Waals surface area contributed by atoms with Crippen molar-refractivity contribution in [3.63, 3.8) is 0 Å². The molecule has 0 aliphatic heterocycles. The number of aromatic nitrogens is 3. The summed E-state index contributed by atoms with van der Waals surface area (Å²) in [6.07, 6.45) is 2.69. The Hall–Kier alpha value is -2.41. The molecule has 2 aromatic rings. The zero-order valence-electron chi connectivity index (χ0n) is 15.5. The molecule has 136 valence electrons. The predicted molar refractivity (Wildman–Crippen MR) is 98.2 cm³/mol. The number of aryl methyl sites for hydroxylation is 2. The van der Waals surface area contributed by atoms with Crippen LogP contribution in [0, 0.1) is 0 Å². The second-order valence-electron chi connectivity index (χ2n) is 6.17. The van der Waals surface area contributed by atoms with Crippen molar-refractivity contribution in [3.05, 3.63) is 47.5 Å². The molecular weight excluding hydrogens is 316 g/mol. The van der Waals surface area contributed by atoms with Gasteiger partial charge in [0.05, 0.1) is 12.6 Å². The summed E-state index contributed by atoms with van der Waals surface area (Å²) in [5.41, 5.74) is 2.50. The van der Waals surface area contributed by atoms with E-state index in [9.17, 15) is 4.79 Å². The minimum absolute atomic E-state index is 0.121. The van der Waals surface area contributed by atoms with Crippen molar-refractivity contribution < 1.29 is 4.79 Å². The van der Waals surface area contributed by atoms with Gasteiger partial charge < -0.3 is 20.1 Å². The van der Waals surface area contributed by atoms with Crippen LogP contribution in [0.2, 0.25) is 0 Å². The van der Waals surface area contributed by atoms with Gasteiger partial charge in [-0.05, 0) is 38.6 Å². The Balaban J connectivity index is 1.88. The normalized spacial score (nSPS) is 12.2. The van der Waals surface area contributed by atoms with E-state index in [-0.39, 0.29) is 12.1 Å². The highest BCUT2D eigenvalue weighted by Gasteiger charge is 2.15. The second kappa shape index (κ2) is 9.17. The monoisotopic (exact) mass is 344 g/mol. The topological polar surface area (TPSA) is 75.1 Å². The lowest BCUT2D eigenvalue weighted by molar-refractivity contribution is 0.232. The number of urea groups is 1. The number of nitrogens with zero attached hydrogens (tertiary/aromatic N) is 4. The minimum atomic E-state index is -0.206. The van der Waals surface area contributed by atoms with Crippen molar-refractivity contribution in [2.75, 3.05) is 20.6 Å². The Morgan fingerprint density at radius 3 is 2.52 bits per heavy atom. The first-order valence-corrected chi connectivity index (χ1v) is 8.68. The molecule has 2 rings (SSSR count). The summed E-state index contributed by atoms with van der Waals surface area (Å²) < 4.78 is 1.90. The Morgan fingerprint density at radius 2 is 1.92 bits per heavy atom. The number of carbonyl (C=O) groups is 1. The molecule has 0 bridgehead atoms. The first kappa shape index (κ1) is 18.9. The maximum absolute atomic E-state index is 12.1. The highest BCUT2D eigenvalue weighted by molar-refractivity contribution is 5.73. The Kier molecular flexibility index (Phi) is 6.94. The van der Waals surface area contributed by atoms with Gasteiger partial charge in [0.25, 0.3) is 0 Å². The third kappa shape index (κ3) is 5.29. The highest BCUT2D eigenvalue weighted by Crippen LogP contribution is 2.18. The van der Waals surface area contributed by atoms with Crippen LogP contribution < -0.4 is 10.6 Å². The van der Waals surface area contributed by atoms with E-state index < -0.39 is 0 Å². The van der Waals surface area contributed by atoms with Crippen LogP contribution in [-0.4, -0.2) is 46.3 Å². The summed E-state index contributed by atoms with van der Waals surface area (Å²) >= 11 is 0. The lowest BCUT2D eigenvalue weighted by atomic mass is 10.0. The number of nitrogens with one attached hydrogen (secondary N) is 2. The van der Waals surface area contributed by atoms with Gasteiger partial charge in [0.1, 0.15) is 6.33 Å². The Bertz CT molecular complexity index is 664. The number of likely N-dealkylation sites (N-methyl/N-ethyl adjacent to an activating group) is 1. The number of carbonyl (C=O) groups excluding carboxylic acids is 1. The average Bonchev–Trinajstić information content (AvgIpc) is 3.08. The van der Waals surface area contributed by atoms with Crippen LogP contribution in [0.5, 0.6) is 0 Å². The lowest BCUT2D eigenvalue weighted by Crippen LogP contribution is -2.40. The van der Waals surface area contributed by atoms with Crippen LogP contribution in [0.25, 0.3) is 0 Å². The van der Waals surface area contributed by atoms with Gasteiger partial charge >= 0.3 is 6.03 Å². The van der Waals surface area contributed by atoms with Gasteiger partial charge in [-0.15, -0.1) is 10.2 Å². The van der Waals surface area contributed by atoms with Crippen molar-refractivity contribution >= 4 is 6.03 Å². The molecular formula is C18H28N6O. The van der Waals surface area contributed by atoms with E-state index in [1.807, 2.05) is 25.6 Å². The number of hydrogen-bond donors (Lipinski definition) is 2. The van der Waals surface area contributed by atoms with Crippen LogP contribution >= 0.6 is 0 Å². The molecule has 0 aliphatic carbocycles. The third-order valence-corrected chi connectivity index (χ3v) is 4.30. The number of amides is 2. The molecule has 0 saturated carbocycles. The summed E-state index contributed by atoms with van der Waals surface area (Å²) in [6.45, 7) is 5.83. The van der Waals surface area contributed by atoms with E-state index in [0.717, 1.165) is 18.8 Å². The largest absolute Gasteiger partial charge is 0.336 e. The SMILES string of the molecule is CCc1ccc(C(CNC(=O)NCc2nncn2CC)N(C)C)cc1. The molecule has 1 aromatic carbocycles. The van der Waals surface area contributed by atoms with E-state index in [0.29, 0.717) is 13.1 Å². The molecule has 0 spiro atoms. The summed E-state index contributed by atoms with van der Waals surface area (Å²) in [5.74, 6) is 0.747.